The summed E-state index contributed by atoms with van der Waals surface area (Å²) in [5, 5.41) is 3.38. The lowest BCUT2D eigenvalue weighted by atomic mass is 10.1. The smallest absolute Gasteiger partial charge is 0.231 e. The molecule has 1 aliphatic heterocycles. The molecule has 0 atom stereocenters. The van der Waals surface area contributed by atoms with Gasteiger partial charge in [-0.1, -0.05) is 26.0 Å². The number of fused-ring (bicyclic) bond motifs is 1. The van der Waals surface area contributed by atoms with Crippen molar-refractivity contribution < 1.29 is 4.79 Å². The van der Waals surface area contributed by atoms with Crippen LogP contribution in [-0.2, 0) is 17.8 Å². The normalized spacial score (nSPS) is 14.8. The Labute approximate surface area is 96.5 Å². The molecule has 1 N–H and O–H groups in total. The molecule has 0 radical (unpaired) electrons. The van der Waals surface area contributed by atoms with Crippen LogP contribution in [0, 0.1) is 0 Å². The molecular formula is C13H18N2O. The van der Waals surface area contributed by atoms with Gasteiger partial charge in [0.15, 0.2) is 0 Å². The number of hydrogen-bond acceptors (Lipinski definition) is 2. The number of benzene rings is 1. The number of carbonyl (C=O) groups excluding carboxylic acids is 1. The first-order valence-corrected chi connectivity index (χ1v) is 5.69. The summed E-state index contributed by atoms with van der Waals surface area (Å²) < 4.78 is 0. The lowest BCUT2D eigenvalue weighted by molar-refractivity contribution is -0.117. The van der Waals surface area contributed by atoms with Crippen LogP contribution < -0.4 is 10.2 Å². The first-order valence-electron chi connectivity index (χ1n) is 5.69. The van der Waals surface area contributed by atoms with Gasteiger partial charge in [0.1, 0.15) is 0 Å². The highest BCUT2D eigenvalue weighted by atomic mass is 16.2. The van der Waals surface area contributed by atoms with Crippen LogP contribution in [0.3, 0.4) is 0 Å². The minimum absolute atomic E-state index is 0.184. The van der Waals surface area contributed by atoms with Gasteiger partial charge in [0.2, 0.25) is 5.91 Å². The Morgan fingerprint density at radius 2 is 2.19 bits per heavy atom. The van der Waals surface area contributed by atoms with Crippen molar-refractivity contribution in [2.24, 2.45) is 0 Å². The van der Waals surface area contributed by atoms with Gasteiger partial charge in [0, 0.05) is 25.3 Å². The molecule has 0 saturated carbocycles. The van der Waals surface area contributed by atoms with E-state index in [2.05, 4.69) is 31.3 Å². The molecule has 0 aliphatic carbocycles. The fourth-order valence-corrected chi connectivity index (χ4v) is 1.96. The molecular weight excluding hydrogens is 200 g/mol. The molecule has 1 heterocycles. The zero-order valence-electron chi connectivity index (χ0n) is 10.1. The quantitative estimate of drug-likeness (QED) is 0.837. The number of anilines is 1. The summed E-state index contributed by atoms with van der Waals surface area (Å²) in [5.74, 6) is 0.184. The van der Waals surface area contributed by atoms with Crippen LogP contribution >= 0.6 is 0 Å². The molecule has 0 unspecified atom stereocenters. The van der Waals surface area contributed by atoms with E-state index in [1.807, 2.05) is 13.1 Å². The third-order valence-electron chi connectivity index (χ3n) is 2.94. The van der Waals surface area contributed by atoms with E-state index in [0.29, 0.717) is 12.5 Å². The fraction of sp³-hybridized carbons (Fsp3) is 0.462. The van der Waals surface area contributed by atoms with Gasteiger partial charge in [0.05, 0.1) is 6.42 Å². The molecule has 0 aromatic heterocycles. The summed E-state index contributed by atoms with van der Waals surface area (Å²) in [6.07, 6.45) is 0.543. The number of nitrogens with one attached hydrogen (secondary N) is 1. The number of carbonyl (C=O) groups is 1. The molecule has 0 fully saturated rings. The minimum Gasteiger partial charge on any atom is -0.315 e. The van der Waals surface area contributed by atoms with Gasteiger partial charge in [-0.05, 0) is 17.2 Å². The average molecular weight is 218 g/mol. The lowest BCUT2D eigenvalue weighted by Crippen LogP contribution is -2.21. The van der Waals surface area contributed by atoms with Crippen LogP contribution in [0.25, 0.3) is 0 Å². The monoisotopic (exact) mass is 218 g/mol. The van der Waals surface area contributed by atoms with E-state index in [4.69, 9.17) is 0 Å². The number of nitrogens with zero attached hydrogens (tertiary/aromatic N) is 1. The van der Waals surface area contributed by atoms with Gasteiger partial charge < -0.3 is 10.2 Å². The second-order valence-corrected chi connectivity index (χ2v) is 4.63. The van der Waals surface area contributed by atoms with Crippen LogP contribution in [0.15, 0.2) is 18.2 Å². The molecule has 1 aromatic rings. The number of hydrogen-bond donors (Lipinski definition) is 1. The summed E-state index contributed by atoms with van der Waals surface area (Å²) in [6.45, 7) is 5.12. The van der Waals surface area contributed by atoms with E-state index in [0.717, 1.165) is 17.8 Å². The maximum absolute atomic E-state index is 11.5. The van der Waals surface area contributed by atoms with Crippen molar-refractivity contribution in [3.05, 3.63) is 29.3 Å². The van der Waals surface area contributed by atoms with Crippen LogP contribution in [0.1, 0.15) is 25.0 Å². The topological polar surface area (TPSA) is 32.3 Å². The largest absolute Gasteiger partial charge is 0.315 e. The van der Waals surface area contributed by atoms with Gasteiger partial charge in [-0.2, -0.15) is 0 Å². The fourth-order valence-electron chi connectivity index (χ4n) is 1.96. The zero-order valence-corrected chi connectivity index (χ0v) is 10.1. The van der Waals surface area contributed by atoms with Crippen molar-refractivity contribution >= 4 is 11.6 Å². The van der Waals surface area contributed by atoms with E-state index in [-0.39, 0.29) is 5.91 Å². The first kappa shape index (κ1) is 11.1. The standard InChI is InChI=1S/C13H18N2O/c1-9(2)14-8-10-4-5-12-11(6-10)7-13(16)15(12)3/h4-6,9,14H,7-8H2,1-3H3. The van der Waals surface area contributed by atoms with Crippen molar-refractivity contribution in [3.8, 4) is 0 Å². The molecule has 3 heteroatoms. The Kier molecular flexibility index (Phi) is 2.97. The maximum Gasteiger partial charge on any atom is 0.231 e. The molecule has 1 aromatic carbocycles. The molecule has 0 bridgehead atoms. The average Bonchev–Trinajstić information content (AvgIpc) is 2.52. The van der Waals surface area contributed by atoms with Crippen LogP contribution in [0.2, 0.25) is 0 Å². The van der Waals surface area contributed by atoms with E-state index in [9.17, 15) is 4.79 Å². The first-order chi connectivity index (χ1) is 7.58. The van der Waals surface area contributed by atoms with E-state index < -0.39 is 0 Å². The van der Waals surface area contributed by atoms with Gasteiger partial charge >= 0.3 is 0 Å². The molecule has 1 amide bonds. The van der Waals surface area contributed by atoms with Gasteiger partial charge in [-0.15, -0.1) is 0 Å². The Bertz CT molecular complexity index is 412. The highest BCUT2D eigenvalue weighted by molar-refractivity contribution is 6.00. The Hall–Kier alpha value is -1.35. The van der Waals surface area contributed by atoms with E-state index in [1.165, 1.54) is 5.56 Å². The SMILES string of the molecule is CC(C)NCc1ccc2c(c1)CC(=O)N2C. The summed E-state index contributed by atoms with van der Waals surface area (Å²) in [6, 6.07) is 6.74. The number of amides is 1. The van der Waals surface area contributed by atoms with Crippen molar-refractivity contribution in [3.63, 3.8) is 0 Å². The summed E-state index contributed by atoms with van der Waals surface area (Å²) in [5.41, 5.74) is 3.45. The highest BCUT2D eigenvalue weighted by Gasteiger charge is 2.23. The minimum atomic E-state index is 0.184. The van der Waals surface area contributed by atoms with Crippen molar-refractivity contribution in [1.29, 1.82) is 0 Å². The van der Waals surface area contributed by atoms with Crippen molar-refractivity contribution in [1.82, 2.24) is 5.32 Å². The summed E-state index contributed by atoms with van der Waals surface area (Å²) in [7, 11) is 1.83. The van der Waals surface area contributed by atoms with E-state index >= 15 is 0 Å². The molecule has 86 valence electrons. The second kappa shape index (κ2) is 4.26. The van der Waals surface area contributed by atoms with Gasteiger partial charge in [-0.3, -0.25) is 4.79 Å². The van der Waals surface area contributed by atoms with Crippen LogP contribution in [0.5, 0.6) is 0 Å². The van der Waals surface area contributed by atoms with Crippen LogP contribution in [-0.4, -0.2) is 19.0 Å². The van der Waals surface area contributed by atoms with E-state index in [1.54, 1.807) is 4.90 Å². The molecule has 0 saturated heterocycles. The predicted octanol–water partition coefficient (Wildman–Crippen LogP) is 1.70. The lowest BCUT2D eigenvalue weighted by Gasteiger charge is -2.12. The molecule has 16 heavy (non-hydrogen) atoms. The molecule has 3 nitrogen and oxygen atoms in total. The summed E-state index contributed by atoms with van der Waals surface area (Å²) in [4.78, 5) is 13.2. The zero-order chi connectivity index (χ0) is 11.7. The second-order valence-electron chi connectivity index (χ2n) is 4.63. The Morgan fingerprint density at radius 1 is 1.44 bits per heavy atom. The Balaban J connectivity index is 2.15. The number of likely N-dealkylation sites (N-methyl/N-ethyl adjacent to an activating group) is 1. The third-order valence-corrected chi connectivity index (χ3v) is 2.94. The molecule has 2 rings (SSSR count). The van der Waals surface area contributed by atoms with Crippen molar-refractivity contribution in [2.45, 2.75) is 32.9 Å². The highest BCUT2D eigenvalue weighted by Crippen LogP contribution is 2.28. The maximum atomic E-state index is 11.5. The number of rotatable bonds is 3. The van der Waals surface area contributed by atoms with Gasteiger partial charge in [-0.25, -0.2) is 0 Å². The molecule has 1 aliphatic rings. The predicted molar refractivity (Wildman–Crippen MR) is 65.5 cm³/mol. The molecule has 0 spiro atoms. The van der Waals surface area contributed by atoms with Crippen molar-refractivity contribution in [2.75, 3.05) is 11.9 Å². The Morgan fingerprint density at radius 3 is 2.88 bits per heavy atom. The third kappa shape index (κ3) is 2.09. The van der Waals surface area contributed by atoms with Gasteiger partial charge in [0.25, 0.3) is 0 Å². The summed E-state index contributed by atoms with van der Waals surface area (Å²) >= 11 is 0. The van der Waals surface area contributed by atoms with Crippen LogP contribution in [0.4, 0.5) is 5.69 Å².